The number of carbonyl (C=O) groups is 2. The monoisotopic (exact) mass is 580 g/mol. The van der Waals surface area contributed by atoms with Gasteiger partial charge in [-0.1, -0.05) is 42.5 Å². The van der Waals surface area contributed by atoms with E-state index in [1.807, 2.05) is 0 Å². The summed E-state index contributed by atoms with van der Waals surface area (Å²) < 4.78 is 1.49. The molecule has 2 amide bonds. The molecular weight excluding hydrogens is 546 g/mol. The van der Waals surface area contributed by atoms with Crippen molar-refractivity contribution in [3.05, 3.63) is 24.3 Å². The van der Waals surface area contributed by atoms with E-state index in [0.717, 1.165) is 31.4 Å². The molecule has 4 nitrogen and oxygen atoms in total. The number of unbranched alkanes of at least 4 members (excludes halogenated alkanes) is 8. The fourth-order valence-electron chi connectivity index (χ4n) is 3.37. The van der Waals surface area contributed by atoms with Gasteiger partial charge in [-0.2, -0.15) is 0 Å². The van der Waals surface area contributed by atoms with E-state index in [1.54, 1.807) is 0 Å². The number of benzene rings is 1. The zero-order valence-electron chi connectivity index (χ0n) is 18.6. The summed E-state index contributed by atoms with van der Waals surface area (Å²) in [6, 6.07) is 8.56. The molecule has 32 heavy (non-hydrogen) atoms. The molecule has 1 heterocycles. The summed E-state index contributed by atoms with van der Waals surface area (Å²) in [5, 5.41) is 5.76. The Bertz CT molecular complexity index is 674. The number of alkyl halides is 2. The Balaban J connectivity index is 1.42. The second kappa shape index (κ2) is 17.4. The van der Waals surface area contributed by atoms with Crippen LogP contribution in [0, 0.1) is 0 Å². The van der Waals surface area contributed by atoms with E-state index in [-0.39, 0.29) is 11.8 Å². The van der Waals surface area contributed by atoms with E-state index in [1.165, 1.54) is 54.4 Å². The van der Waals surface area contributed by atoms with Crippen molar-refractivity contribution < 1.29 is 9.59 Å². The van der Waals surface area contributed by atoms with Crippen LogP contribution in [0.25, 0.3) is 0 Å². The minimum atomic E-state index is -0.974. The van der Waals surface area contributed by atoms with E-state index < -0.39 is 17.2 Å². The van der Waals surface area contributed by atoms with Gasteiger partial charge in [-0.15, -0.1) is 0 Å². The summed E-state index contributed by atoms with van der Waals surface area (Å²) in [5.74, 6) is 2.42. The summed E-state index contributed by atoms with van der Waals surface area (Å²) in [6.07, 6.45) is 12.1. The molecule has 1 fully saturated rings. The standard InChI is InChI=1S/C23H35AsCl2N2O2S2/c25-22(26)23(30)27-16-9-7-5-3-1-2-4-6-8-11-21(29)28-20-14-12-19(13-15-20)24-31-17-10-18-32-24/h12-15,22H,1-11,16-18H2,(H,27,30)(H,28,29). The quantitative estimate of drug-likeness (QED) is 0.151. The van der Waals surface area contributed by atoms with Crippen LogP contribution in [0.15, 0.2) is 24.3 Å². The normalized spacial score (nSPS) is 14.5. The predicted molar refractivity (Wildman–Crippen MR) is 145 cm³/mol. The average Bonchev–Trinajstić information content (AvgIpc) is 2.80. The molecule has 0 radical (unpaired) electrons. The maximum absolute atomic E-state index is 12.2. The van der Waals surface area contributed by atoms with Gasteiger partial charge in [-0.25, -0.2) is 0 Å². The van der Waals surface area contributed by atoms with E-state index in [4.69, 9.17) is 23.2 Å². The van der Waals surface area contributed by atoms with Crippen molar-refractivity contribution in [1.82, 2.24) is 5.32 Å². The first-order valence-electron chi connectivity index (χ1n) is 11.6. The van der Waals surface area contributed by atoms with Crippen molar-refractivity contribution in [3.8, 4) is 0 Å². The third-order valence-corrected chi connectivity index (χ3v) is 19.2. The van der Waals surface area contributed by atoms with Gasteiger partial charge >= 0.3 is 139 Å². The van der Waals surface area contributed by atoms with Gasteiger partial charge in [-0.05, 0) is 6.42 Å². The van der Waals surface area contributed by atoms with Crippen LogP contribution in [0.4, 0.5) is 5.69 Å². The van der Waals surface area contributed by atoms with Crippen LogP contribution in [0.1, 0.15) is 70.6 Å². The molecule has 0 spiro atoms. The van der Waals surface area contributed by atoms with E-state index in [2.05, 4.69) is 54.9 Å². The number of carbonyl (C=O) groups excluding carboxylic acids is 2. The molecule has 1 saturated heterocycles. The molecule has 2 rings (SSSR count). The molecular formula is C23H35AsCl2N2O2S2. The van der Waals surface area contributed by atoms with Crippen molar-refractivity contribution in [2.24, 2.45) is 0 Å². The second-order valence-corrected chi connectivity index (χ2v) is 20.7. The van der Waals surface area contributed by atoms with Gasteiger partial charge in [0.2, 0.25) is 0 Å². The van der Waals surface area contributed by atoms with Crippen molar-refractivity contribution in [1.29, 1.82) is 0 Å². The first kappa shape index (κ1) is 28.2. The Hall–Kier alpha value is -0.00156. The molecule has 1 aliphatic rings. The Morgan fingerprint density at radius 1 is 0.875 bits per heavy atom. The number of halogens is 2. The fraction of sp³-hybridized carbons (Fsp3) is 0.652. The Kier molecular flexibility index (Phi) is 15.4. The van der Waals surface area contributed by atoms with Crippen LogP contribution >= 0.6 is 43.3 Å². The first-order chi connectivity index (χ1) is 15.6. The predicted octanol–water partition coefficient (Wildman–Crippen LogP) is 6.01. The molecule has 0 bridgehead atoms. The summed E-state index contributed by atoms with van der Waals surface area (Å²) >= 11 is 9.99. The van der Waals surface area contributed by atoms with Crippen molar-refractivity contribution in [2.75, 3.05) is 23.4 Å². The minimum absolute atomic E-state index is 0.124. The van der Waals surface area contributed by atoms with Crippen molar-refractivity contribution in [2.45, 2.75) is 75.5 Å². The Morgan fingerprint density at radius 3 is 2.03 bits per heavy atom. The van der Waals surface area contributed by atoms with Crippen LogP contribution in [0.2, 0.25) is 0 Å². The molecule has 1 aromatic carbocycles. The van der Waals surface area contributed by atoms with Gasteiger partial charge in [0.1, 0.15) is 0 Å². The van der Waals surface area contributed by atoms with E-state index in [9.17, 15) is 9.59 Å². The first-order valence-corrected chi connectivity index (χ1v) is 19.9. The molecule has 0 saturated carbocycles. The number of anilines is 1. The molecule has 9 heteroatoms. The molecule has 0 unspecified atom stereocenters. The van der Waals surface area contributed by atoms with E-state index in [0.29, 0.717) is 13.0 Å². The van der Waals surface area contributed by atoms with Crippen LogP contribution in [-0.2, 0) is 9.59 Å². The number of amides is 2. The van der Waals surface area contributed by atoms with Gasteiger partial charge in [0, 0.05) is 6.54 Å². The third kappa shape index (κ3) is 12.5. The Labute approximate surface area is 214 Å². The molecule has 1 aromatic rings. The fourth-order valence-corrected chi connectivity index (χ4v) is 16.6. The zero-order valence-corrected chi connectivity index (χ0v) is 23.6. The van der Waals surface area contributed by atoms with Gasteiger partial charge in [-0.3, -0.25) is 4.79 Å². The second-order valence-electron chi connectivity index (χ2n) is 7.90. The van der Waals surface area contributed by atoms with E-state index >= 15 is 0 Å². The number of hydrogen-bond donors (Lipinski definition) is 2. The van der Waals surface area contributed by atoms with Crippen molar-refractivity contribution in [3.63, 3.8) is 0 Å². The van der Waals surface area contributed by atoms with Crippen LogP contribution < -0.4 is 15.0 Å². The van der Waals surface area contributed by atoms with Crippen LogP contribution in [-0.4, -0.2) is 47.0 Å². The summed E-state index contributed by atoms with van der Waals surface area (Å²) in [5.41, 5.74) is 0.921. The summed E-state index contributed by atoms with van der Waals surface area (Å²) in [7, 11) is 4.32. The van der Waals surface area contributed by atoms with Crippen molar-refractivity contribution >= 4 is 77.4 Å². The van der Waals surface area contributed by atoms with Crippen LogP contribution in [0.5, 0.6) is 0 Å². The number of hydrogen-bond acceptors (Lipinski definition) is 4. The Morgan fingerprint density at radius 2 is 1.44 bits per heavy atom. The van der Waals surface area contributed by atoms with Gasteiger partial charge in [0.25, 0.3) is 5.91 Å². The molecule has 2 N–H and O–H groups in total. The van der Waals surface area contributed by atoms with Gasteiger partial charge in [0.15, 0.2) is 4.84 Å². The summed E-state index contributed by atoms with van der Waals surface area (Å²) in [6.45, 7) is 0.640. The SMILES string of the molecule is O=C(CCCCCCCCCCCNC(=O)C(Cl)Cl)Nc1ccc([As]2SCCCS2)cc1. The van der Waals surface area contributed by atoms with Gasteiger partial charge < -0.3 is 5.32 Å². The maximum atomic E-state index is 12.2. The molecule has 0 aliphatic carbocycles. The molecule has 0 atom stereocenters. The molecule has 0 aromatic heterocycles. The third-order valence-electron chi connectivity index (χ3n) is 5.15. The number of rotatable bonds is 15. The zero-order chi connectivity index (χ0) is 23.0. The topological polar surface area (TPSA) is 58.2 Å². The summed E-state index contributed by atoms with van der Waals surface area (Å²) in [4.78, 5) is 22.4. The van der Waals surface area contributed by atoms with Crippen LogP contribution in [0.3, 0.4) is 0 Å². The molecule has 1 aliphatic heterocycles. The number of nitrogens with one attached hydrogen (secondary N) is 2. The average molecular weight is 582 g/mol. The van der Waals surface area contributed by atoms with Gasteiger partial charge in [0.05, 0.1) is 0 Å². The molecule has 180 valence electrons.